The lowest BCUT2D eigenvalue weighted by atomic mass is 9.88. The molecule has 1 aromatic rings. The number of hydrogen-bond acceptors (Lipinski definition) is 2. The lowest BCUT2D eigenvalue weighted by molar-refractivity contribution is -0.0546. The minimum Gasteiger partial charge on any atom is -0.374 e. The molecule has 0 aromatic heterocycles. The molecule has 0 heterocycles. The van der Waals surface area contributed by atoms with Crippen LogP contribution in [-0.2, 0) is 11.2 Å². The molecule has 0 bridgehead atoms. The molecular weight excluding hydrogens is 241 g/mol. The third-order valence-electron chi connectivity index (χ3n) is 3.72. The van der Waals surface area contributed by atoms with Crippen molar-refractivity contribution in [1.82, 2.24) is 5.32 Å². The van der Waals surface area contributed by atoms with Gasteiger partial charge in [0.25, 0.3) is 0 Å². The van der Waals surface area contributed by atoms with Gasteiger partial charge in [-0.05, 0) is 50.9 Å². The van der Waals surface area contributed by atoms with Gasteiger partial charge in [0.1, 0.15) is 5.82 Å². The first-order chi connectivity index (χ1) is 9.05. The van der Waals surface area contributed by atoms with E-state index in [2.05, 4.69) is 26.1 Å². The molecule has 108 valence electrons. The van der Waals surface area contributed by atoms with Crippen LogP contribution < -0.4 is 5.32 Å². The Kier molecular flexibility index (Phi) is 6.46. The summed E-state index contributed by atoms with van der Waals surface area (Å²) < 4.78 is 18.9. The van der Waals surface area contributed by atoms with E-state index in [0.717, 1.165) is 24.9 Å². The highest BCUT2D eigenvalue weighted by atomic mass is 19.1. The summed E-state index contributed by atoms with van der Waals surface area (Å²) in [6.45, 7) is 10.0. The number of hydrogen-bond donors (Lipinski definition) is 1. The summed E-state index contributed by atoms with van der Waals surface area (Å²) in [4.78, 5) is 0. The van der Waals surface area contributed by atoms with E-state index in [4.69, 9.17) is 4.74 Å². The SMILES string of the molecule is CCNC(Cc1ccc(F)cc1)C(C)(CC)OCC. The molecule has 0 fully saturated rings. The largest absolute Gasteiger partial charge is 0.374 e. The van der Waals surface area contributed by atoms with E-state index in [1.54, 1.807) is 0 Å². The van der Waals surface area contributed by atoms with Crippen molar-refractivity contribution in [3.05, 3.63) is 35.6 Å². The summed E-state index contributed by atoms with van der Waals surface area (Å²) in [5.74, 6) is -0.188. The molecule has 3 heteroatoms. The smallest absolute Gasteiger partial charge is 0.123 e. The van der Waals surface area contributed by atoms with E-state index >= 15 is 0 Å². The predicted molar refractivity (Wildman–Crippen MR) is 77.9 cm³/mol. The average Bonchev–Trinajstić information content (AvgIpc) is 2.41. The van der Waals surface area contributed by atoms with Crippen LogP contribution in [0.5, 0.6) is 0 Å². The van der Waals surface area contributed by atoms with Gasteiger partial charge in [-0.15, -0.1) is 0 Å². The first-order valence-corrected chi connectivity index (χ1v) is 7.17. The maximum Gasteiger partial charge on any atom is 0.123 e. The summed E-state index contributed by atoms with van der Waals surface area (Å²) in [6.07, 6.45) is 1.79. The fourth-order valence-electron chi connectivity index (χ4n) is 2.39. The van der Waals surface area contributed by atoms with Gasteiger partial charge in [0.15, 0.2) is 0 Å². The summed E-state index contributed by atoms with van der Waals surface area (Å²) in [7, 11) is 0. The topological polar surface area (TPSA) is 21.3 Å². The fraction of sp³-hybridized carbons (Fsp3) is 0.625. The monoisotopic (exact) mass is 267 g/mol. The Morgan fingerprint density at radius 1 is 1.21 bits per heavy atom. The highest BCUT2D eigenvalue weighted by molar-refractivity contribution is 5.18. The van der Waals surface area contributed by atoms with E-state index in [1.165, 1.54) is 12.1 Å². The zero-order chi connectivity index (χ0) is 14.3. The minimum absolute atomic E-state index is 0.188. The number of nitrogens with one attached hydrogen (secondary N) is 1. The van der Waals surface area contributed by atoms with Crippen LogP contribution in [0.4, 0.5) is 4.39 Å². The van der Waals surface area contributed by atoms with E-state index in [-0.39, 0.29) is 17.5 Å². The molecule has 2 nitrogen and oxygen atoms in total. The molecule has 0 saturated carbocycles. The van der Waals surface area contributed by atoms with Crippen LogP contribution in [-0.4, -0.2) is 24.8 Å². The summed E-state index contributed by atoms with van der Waals surface area (Å²) in [5.41, 5.74) is 0.936. The molecule has 0 aliphatic carbocycles. The number of likely N-dealkylation sites (N-methyl/N-ethyl adjacent to an activating group) is 1. The standard InChI is InChI=1S/C16H26FNO/c1-5-16(4,19-7-3)15(18-6-2)12-13-8-10-14(17)11-9-13/h8-11,15,18H,5-7,12H2,1-4H3. The summed E-state index contributed by atoms with van der Waals surface area (Å²) in [5, 5.41) is 3.50. The molecule has 0 spiro atoms. The van der Waals surface area contributed by atoms with E-state index in [1.807, 2.05) is 19.1 Å². The molecule has 2 unspecified atom stereocenters. The van der Waals surface area contributed by atoms with Gasteiger partial charge in [0, 0.05) is 12.6 Å². The van der Waals surface area contributed by atoms with E-state index < -0.39 is 0 Å². The van der Waals surface area contributed by atoms with Crippen LogP contribution >= 0.6 is 0 Å². The molecule has 19 heavy (non-hydrogen) atoms. The molecule has 0 radical (unpaired) electrons. The van der Waals surface area contributed by atoms with Crippen molar-refractivity contribution in [1.29, 1.82) is 0 Å². The Balaban J connectivity index is 2.84. The van der Waals surface area contributed by atoms with Crippen LogP contribution in [0.15, 0.2) is 24.3 Å². The van der Waals surface area contributed by atoms with Crippen molar-refractivity contribution in [2.24, 2.45) is 0 Å². The zero-order valence-electron chi connectivity index (χ0n) is 12.5. The molecule has 0 amide bonds. The number of halogens is 1. The predicted octanol–water partition coefficient (Wildman–Crippen LogP) is 3.55. The highest BCUT2D eigenvalue weighted by Crippen LogP contribution is 2.23. The van der Waals surface area contributed by atoms with E-state index in [0.29, 0.717) is 6.61 Å². The van der Waals surface area contributed by atoms with Crippen LogP contribution in [0.1, 0.15) is 39.7 Å². The molecule has 0 saturated heterocycles. The van der Waals surface area contributed by atoms with Crippen molar-refractivity contribution in [2.75, 3.05) is 13.2 Å². The number of ether oxygens (including phenoxy) is 1. The van der Waals surface area contributed by atoms with Crippen molar-refractivity contribution < 1.29 is 9.13 Å². The Labute approximate surface area is 116 Å². The van der Waals surface area contributed by atoms with Gasteiger partial charge in [0.2, 0.25) is 0 Å². The van der Waals surface area contributed by atoms with Gasteiger partial charge in [-0.25, -0.2) is 4.39 Å². The molecule has 2 atom stereocenters. The summed E-state index contributed by atoms with van der Waals surface area (Å²) in [6, 6.07) is 6.96. The molecular formula is C16H26FNO. The molecule has 1 rings (SSSR count). The number of benzene rings is 1. The van der Waals surface area contributed by atoms with Gasteiger partial charge in [0.05, 0.1) is 5.60 Å². The van der Waals surface area contributed by atoms with E-state index in [9.17, 15) is 4.39 Å². The van der Waals surface area contributed by atoms with Gasteiger partial charge >= 0.3 is 0 Å². The second-order valence-electron chi connectivity index (χ2n) is 5.04. The van der Waals surface area contributed by atoms with Crippen molar-refractivity contribution in [2.45, 2.75) is 52.2 Å². The quantitative estimate of drug-likeness (QED) is 0.777. The maximum absolute atomic E-state index is 13.0. The Morgan fingerprint density at radius 3 is 2.32 bits per heavy atom. The third kappa shape index (κ3) is 4.59. The highest BCUT2D eigenvalue weighted by Gasteiger charge is 2.32. The lowest BCUT2D eigenvalue weighted by Gasteiger charge is -2.37. The molecule has 1 N–H and O–H groups in total. The molecule has 0 aliphatic heterocycles. The first kappa shape index (κ1) is 16.1. The van der Waals surface area contributed by atoms with Crippen LogP contribution in [0.3, 0.4) is 0 Å². The zero-order valence-corrected chi connectivity index (χ0v) is 12.5. The van der Waals surface area contributed by atoms with Crippen molar-refractivity contribution >= 4 is 0 Å². The van der Waals surface area contributed by atoms with Crippen LogP contribution in [0.25, 0.3) is 0 Å². The van der Waals surface area contributed by atoms with Crippen molar-refractivity contribution in [3.8, 4) is 0 Å². The van der Waals surface area contributed by atoms with Gasteiger partial charge in [-0.2, -0.15) is 0 Å². The molecule has 1 aromatic carbocycles. The normalized spacial score (nSPS) is 16.1. The fourth-order valence-corrected chi connectivity index (χ4v) is 2.39. The molecule has 0 aliphatic rings. The van der Waals surface area contributed by atoms with Crippen LogP contribution in [0, 0.1) is 5.82 Å². The Morgan fingerprint density at radius 2 is 1.84 bits per heavy atom. The average molecular weight is 267 g/mol. The third-order valence-corrected chi connectivity index (χ3v) is 3.72. The minimum atomic E-state index is -0.195. The Hall–Kier alpha value is -0.930. The van der Waals surface area contributed by atoms with Crippen LogP contribution in [0.2, 0.25) is 0 Å². The van der Waals surface area contributed by atoms with Crippen molar-refractivity contribution in [3.63, 3.8) is 0 Å². The van der Waals surface area contributed by atoms with Gasteiger partial charge < -0.3 is 10.1 Å². The maximum atomic E-state index is 13.0. The number of rotatable bonds is 8. The van der Waals surface area contributed by atoms with Gasteiger partial charge in [-0.1, -0.05) is 26.0 Å². The van der Waals surface area contributed by atoms with Gasteiger partial charge in [-0.3, -0.25) is 0 Å². The first-order valence-electron chi connectivity index (χ1n) is 7.17. The lowest BCUT2D eigenvalue weighted by Crippen LogP contribution is -2.51. The second kappa shape index (κ2) is 7.61. The second-order valence-corrected chi connectivity index (χ2v) is 5.04. The summed E-state index contributed by atoms with van der Waals surface area (Å²) >= 11 is 0. The Bertz CT molecular complexity index is 366.